The van der Waals surface area contributed by atoms with Crippen molar-refractivity contribution in [3.63, 3.8) is 0 Å². The molecular weight excluding hydrogens is 739 g/mol. The van der Waals surface area contributed by atoms with Crippen LogP contribution >= 0.6 is 0 Å². The minimum Gasteiger partial charge on any atom is -0.544 e. The molecule has 0 aliphatic heterocycles. The number of rotatable bonds is 45. The second kappa shape index (κ2) is 42.5. The Bertz CT molecular complexity index is 1020. The highest BCUT2D eigenvalue weighted by atomic mass is 16.6. The first kappa shape index (κ1) is 56.8. The lowest BCUT2D eigenvalue weighted by Crippen LogP contribution is -2.55. The summed E-state index contributed by atoms with van der Waals surface area (Å²) in [6.07, 6.45) is 48.0. The number of aliphatic carboxylic acids is 1. The summed E-state index contributed by atoms with van der Waals surface area (Å²) >= 11 is 0. The number of unbranched alkanes of at least 4 members (excludes halogenated alkanes) is 27. The van der Waals surface area contributed by atoms with Gasteiger partial charge in [-0.1, -0.05) is 205 Å². The van der Waals surface area contributed by atoms with Gasteiger partial charge in [0.2, 0.25) is 0 Å². The molecule has 0 aromatic carbocycles. The average molecular weight is 834 g/mol. The zero-order valence-corrected chi connectivity index (χ0v) is 39.4. The van der Waals surface area contributed by atoms with Gasteiger partial charge in [-0.2, -0.15) is 0 Å². The van der Waals surface area contributed by atoms with E-state index < -0.39 is 18.1 Å². The SMILES string of the molecule is CCCCCCCC/C=C/C/C=C/CCC(=O)OC(COCCC(C(=O)[O-])[N+](C)(C)C)COC(=O)CCCCCCCCCCCCCCCCCCCCCCCC. The van der Waals surface area contributed by atoms with E-state index >= 15 is 0 Å². The molecular formula is C51H95NO7. The van der Waals surface area contributed by atoms with E-state index in [1.807, 2.05) is 6.08 Å². The molecule has 0 aromatic rings. The highest BCUT2D eigenvalue weighted by Crippen LogP contribution is 2.16. The predicted molar refractivity (Wildman–Crippen MR) is 245 cm³/mol. The van der Waals surface area contributed by atoms with Gasteiger partial charge in [0, 0.05) is 19.3 Å². The number of hydrogen-bond acceptors (Lipinski definition) is 7. The van der Waals surface area contributed by atoms with Crippen LogP contribution in [0.25, 0.3) is 0 Å². The van der Waals surface area contributed by atoms with Gasteiger partial charge in [0.1, 0.15) is 12.6 Å². The molecule has 2 unspecified atom stereocenters. The molecule has 0 aliphatic rings. The quantitative estimate of drug-likeness (QED) is 0.0260. The minimum atomic E-state index is -1.13. The Morgan fingerprint density at radius 2 is 0.932 bits per heavy atom. The van der Waals surface area contributed by atoms with E-state index in [0.29, 0.717) is 12.8 Å². The van der Waals surface area contributed by atoms with Gasteiger partial charge >= 0.3 is 11.9 Å². The molecule has 0 spiro atoms. The highest BCUT2D eigenvalue weighted by Gasteiger charge is 2.25. The Kier molecular flexibility index (Phi) is 40.9. The van der Waals surface area contributed by atoms with Crippen LogP contribution in [0.5, 0.6) is 0 Å². The number of carboxylic acids is 1. The molecule has 0 rings (SSSR count). The lowest BCUT2D eigenvalue weighted by Gasteiger charge is -2.34. The summed E-state index contributed by atoms with van der Waals surface area (Å²) in [6, 6.07) is -0.732. The van der Waals surface area contributed by atoms with Crippen LogP contribution in [0.15, 0.2) is 24.3 Å². The Morgan fingerprint density at radius 3 is 1.37 bits per heavy atom. The molecule has 2 atom stereocenters. The van der Waals surface area contributed by atoms with Crippen LogP contribution in [0.1, 0.15) is 232 Å². The maximum Gasteiger partial charge on any atom is 0.306 e. The zero-order chi connectivity index (χ0) is 43.5. The molecule has 59 heavy (non-hydrogen) atoms. The third-order valence-electron chi connectivity index (χ3n) is 11.4. The smallest absolute Gasteiger partial charge is 0.306 e. The fourth-order valence-corrected chi connectivity index (χ4v) is 7.48. The number of carbonyl (C=O) groups excluding carboxylic acids is 3. The van der Waals surface area contributed by atoms with Gasteiger partial charge in [-0.15, -0.1) is 0 Å². The van der Waals surface area contributed by atoms with Crippen molar-refractivity contribution in [2.75, 3.05) is 41.0 Å². The number of quaternary nitrogens is 1. The van der Waals surface area contributed by atoms with Crippen LogP contribution in [-0.4, -0.2) is 75.5 Å². The molecule has 0 saturated heterocycles. The zero-order valence-electron chi connectivity index (χ0n) is 39.4. The Morgan fingerprint density at radius 1 is 0.508 bits per heavy atom. The first-order chi connectivity index (χ1) is 28.6. The Balaban J connectivity index is 4.21. The maximum absolute atomic E-state index is 12.7. The third kappa shape index (κ3) is 41.0. The lowest BCUT2D eigenvalue weighted by molar-refractivity contribution is -0.889. The van der Waals surface area contributed by atoms with Gasteiger partial charge in [-0.3, -0.25) is 9.59 Å². The van der Waals surface area contributed by atoms with Gasteiger partial charge in [-0.05, 0) is 32.1 Å². The third-order valence-corrected chi connectivity index (χ3v) is 11.4. The molecule has 0 heterocycles. The van der Waals surface area contributed by atoms with E-state index in [4.69, 9.17) is 14.2 Å². The molecule has 346 valence electrons. The number of nitrogens with zero attached hydrogens (tertiary/aromatic N) is 1. The number of hydrogen-bond donors (Lipinski definition) is 0. The van der Waals surface area contributed by atoms with E-state index in [1.165, 1.54) is 161 Å². The molecule has 0 radical (unpaired) electrons. The molecule has 0 fully saturated rings. The maximum atomic E-state index is 12.7. The normalized spacial score (nSPS) is 13.0. The second-order valence-electron chi connectivity index (χ2n) is 18.1. The van der Waals surface area contributed by atoms with Gasteiger partial charge < -0.3 is 28.6 Å². The van der Waals surface area contributed by atoms with Crippen molar-refractivity contribution in [1.29, 1.82) is 0 Å². The summed E-state index contributed by atoms with van der Waals surface area (Å²) in [4.78, 5) is 36.9. The van der Waals surface area contributed by atoms with Crippen molar-refractivity contribution in [3.05, 3.63) is 24.3 Å². The Hall–Kier alpha value is -2.19. The number of likely N-dealkylation sites (N-methyl/N-ethyl adjacent to an activating group) is 1. The summed E-state index contributed by atoms with van der Waals surface area (Å²) in [5.74, 6) is -1.81. The van der Waals surface area contributed by atoms with Crippen LogP contribution in [0, 0.1) is 0 Å². The predicted octanol–water partition coefficient (Wildman–Crippen LogP) is 12.7. The van der Waals surface area contributed by atoms with Crippen molar-refractivity contribution in [2.24, 2.45) is 0 Å². The van der Waals surface area contributed by atoms with Crippen LogP contribution in [0.4, 0.5) is 0 Å². The van der Waals surface area contributed by atoms with E-state index in [9.17, 15) is 19.5 Å². The topological polar surface area (TPSA) is 102 Å². The molecule has 8 nitrogen and oxygen atoms in total. The van der Waals surface area contributed by atoms with Gasteiger partial charge in [-0.25, -0.2) is 0 Å². The molecule has 8 heteroatoms. The minimum absolute atomic E-state index is 0.0224. The van der Waals surface area contributed by atoms with E-state index in [1.54, 1.807) is 21.1 Å². The molecule has 0 saturated carbocycles. The second-order valence-corrected chi connectivity index (χ2v) is 18.1. The number of ether oxygens (including phenoxy) is 3. The summed E-state index contributed by atoms with van der Waals surface area (Å²) in [5.41, 5.74) is 0. The van der Waals surface area contributed by atoms with Crippen molar-refractivity contribution in [1.82, 2.24) is 0 Å². The molecule has 0 amide bonds. The van der Waals surface area contributed by atoms with Gasteiger partial charge in [0.15, 0.2) is 6.10 Å². The lowest BCUT2D eigenvalue weighted by atomic mass is 10.0. The van der Waals surface area contributed by atoms with Crippen molar-refractivity contribution < 1.29 is 38.2 Å². The van der Waals surface area contributed by atoms with E-state index in [0.717, 1.165) is 32.1 Å². The van der Waals surface area contributed by atoms with Crippen LogP contribution in [-0.2, 0) is 28.6 Å². The summed E-state index contributed by atoms with van der Waals surface area (Å²) in [5, 5.41) is 11.6. The highest BCUT2D eigenvalue weighted by molar-refractivity contribution is 5.70. The molecule has 0 aromatic heterocycles. The fraction of sp³-hybridized carbons (Fsp3) is 0.863. The van der Waals surface area contributed by atoms with Crippen LogP contribution in [0.3, 0.4) is 0 Å². The van der Waals surface area contributed by atoms with Gasteiger partial charge in [0.25, 0.3) is 0 Å². The number of carbonyl (C=O) groups is 3. The average Bonchev–Trinajstić information content (AvgIpc) is 3.19. The molecule has 0 N–H and O–H groups in total. The monoisotopic (exact) mass is 834 g/mol. The van der Waals surface area contributed by atoms with Crippen LogP contribution < -0.4 is 5.11 Å². The molecule has 0 aliphatic carbocycles. The Labute approximate surface area is 364 Å². The molecule has 0 bridgehead atoms. The van der Waals surface area contributed by atoms with E-state index in [2.05, 4.69) is 32.1 Å². The van der Waals surface area contributed by atoms with Crippen molar-refractivity contribution in [2.45, 2.75) is 244 Å². The van der Waals surface area contributed by atoms with E-state index in [-0.39, 0.29) is 49.1 Å². The standard InChI is InChI=1S/C51H95NO7/c1-6-8-10-12-14-16-18-20-21-22-23-24-25-26-27-28-30-31-33-35-37-39-41-49(53)58-46-47(45-57-44-43-48(51(55)56)52(3,4)5)59-50(54)42-40-38-36-34-32-29-19-17-15-13-11-9-7-2/h29,32,36,38,47-48H,6-28,30-31,33-35,37,39-46H2,1-5H3/b32-29+,38-36+. The summed E-state index contributed by atoms with van der Waals surface area (Å²) in [7, 11) is 5.40. The summed E-state index contributed by atoms with van der Waals surface area (Å²) in [6.45, 7) is 4.62. The number of carboxylic acid groups (broad SMARTS) is 1. The largest absolute Gasteiger partial charge is 0.544 e. The fourth-order valence-electron chi connectivity index (χ4n) is 7.48. The van der Waals surface area contributed by atoms with Crippen molar-refractivity contribution >= 4 is 17.9 Å². The number of allylic oxidation sites excluding steroid dienone is 4. The van der Waals surface area contributed by atoms with Gasteiger partial charge in [0.05, 0.1) is 40.3 Å². The first-order valence-electron chi connectivity index (χ1n) is 24.9. The number of esters is 2. The first-order valence-corrected chi connectivity index (χ1v) is 24.9. The summed E-state index contributed by atoms with van der Waals surface area (Å²) < 4.78 is 17.1. The van der Waals surface area contributed by atoms with Crippen LogP contribution in [0.2, 0.25) is 0 Å². The van der Waals surface area contributed by atoms with Crippen molar-refractivity contribution in [3.8, 4) is 0 Å².